The number of esters is 1. The van der Waals surface area contributed by atoms with Crippen LogP contribution in [0, 0.1) is 11.8 Å². The molecular formula is C21H30O5. The van der Waals surface area contributed by atoms with Gasteiger partial charge in [0, 0.05) is 18.3 Å². The molecule has 0 radical (unpaired) electrons. The molecule has 0 spiro atoms. The van der Waals surface area contributed by atoms with Gasteiger partial charge in [-0.1, -0.05) is 29.9 Å². The highest BCUT2D eigenvalue weighted by atomic mass is 16.5. The second kappa shape index (κ2) is 13.0. The largest absolute Gasteiger partial charge is 0.469 e. The van der Waals surface area contributed by atoms with Gasteiger partial charge in [0.1, 0.15) is 18.4 Å². The summed E-state index contributed by atoms with van der Waals surface area (Å²) >= 11 is 0. The van der Waals surface area contributed by atoms with Crippen molar-refractivity contribution in [1.29, 1.82) is 0 Å². The van der Waals surface area contributed by atoms with Crippen LogP contribution in [-0.4, -0.2) is 31.4 Å². The summed E-state index contributed by atoms with van der Waals surface area (Å²) in [5.74, 6) is -1.72. The Bertz CT molecular complexity index is 579. The van der Waals surface area contributed by atoms with Crippen molar-refractivity contribution in [3.63, 3.8) is 0 Å². The highest BCUT2D eigenvalue weighted by Gasteiger charge is 2.29. The maximum atomic E-state index is 11.8. The van der Waals surface area contributed by atoms with Crippen molar-refractivity contribution in [1.82, 2.24) is 0 Å². The van der Waals surface area contributed by atoms with Crippen molar-refractivity contribution in [3.8, 4) is 0 Å². The van der Waals surface area contributed by atoms with Crippen LogP contribution >= 0.6 is 0 Å². The number of carbonyl (C=O) groups excluding carboxylic acids is 4. The standard InChI is InChI=1S/C21H30O5/c1-15(2)8-6-11-18(13-22)19(12-21(25)26-5)20(14-23)16(3)9-7-10-17(4)24/h8,11,13-14,19-20H,3,6-7,9-10,12H2,1-2,4-5H3/t19-,20+/m1/s1. The first-order valence-electron chi connectivity index (χ1n) is 8.74. The summed E-state index contributed by atoms with van der Waals surface area (Å²) < 4.78 is 4.72. The molecule has 26 heavy (non-hydrogen) atoms. The topological polar surface area (TPSA) is 77.5 Å². The molecule has 0 aliphatic carbocycles. The van der Waals surface area contributed by atoms with E-state index in [4.69, 9.17) is 4.74 Å². The molecule has 0 rings (SSSR count). The van der Waals surface area contributed by atoms with Crippen LogP contribution in [0.2, 0.25) is 0 Å². The third-order valence-electron chi connectivity index (χ3n) is 4.14. The van der Waals surface area contributed by atoms with E-state index in [1.54, 1.807) is 6.08 Å². The first-order chi connectivity index (χ1) is 12.3. The molecule has 0 aliphatic heterocycles. The smallest absolute Gasteiger partial charge is 0.306 e. The summed E-state index contributed by atoms with van der Waals surface area (Å²) in [6, 6.07) is 0. The van der Waals surface area contributed by atoms with Crippen molar-refractivity contribution < 1.29 is 23.9 Å². The predicted molar refractivity (Wildman–Crippen MR) is 102 cm³/mol. The van der Waals surface area contributed by atoms with Gasteiger partial charge in [-0.2, -0.15) is 0 Å². The minimum Gasteiger partial charge on any atom is -0.469 e. The highest BCUT2D eigenvalue weighted by molar-refractivity contribution is 5.80. The van der Waals surface area contributed by atoms with Crippen molar-refractivity contribution in [2.75, 3.05) is 7.11 Å². The molecule has 0 saturated heterocycles. The summed E-state index contributed by atoms with van der Waals surface area (Å²) in [6.45, 7) is 9.36. The van der Waals surface area contributed by atoms with Gasteiger partial charge in [0.15, 0.2) is 0 Å². The van der Waals surface area contributed by atoms with Gasteiger partial charge in [-0.25, -0.2) is 0 Å². The lowest BCUT2D eigenvalue weighted by atomic mass is 9.78. The van der Waals surface area contributed by atoms with E-state index in [0.717, 1.165) is 11.9 Å². The Balaban J connectivity index is 5.50. The molecule has 0 aromatic carbocycles. The number of rotatable bonds is 13. The number of hydrogen-bond donors (Lipinski definition) is 0. The molecule has 0 aromatic rings. The van der Waals surface area contributed by atoms with Crippen molar-refractivity contribution in [3.05, 3.63) is 35.5 Å². The molecule has 2 atom stereocenters. The molecule has 0 bridgehead atoms. The Kier molecular flexibility index (Phi) is 11.8. The van der Waals surface area contributed by atoms with Crippen LogP contribution in [0.1, 0.15) is 52.9 Å². The van der Waals surface area contributed by atoms with Gasteiger partial charge in [0.2, 0.25) is 0 Å². The molecule has 0 aliphatic rings. The minimum absolute atomic E-state index is 0.0711. The number of carbonyl (C=O) groups is 4. The molecule has 0 saturated carbocycles. The number of methoxy groups -OCH3 is 1. The number of allylic oxidation sites excluding steroid dienone is 5. The van der Waals surface area contributed by atoms with Crippen LogP contribution < -0.4 is 0 Å². The maximum absolute atomic E-state index is 11.8. The van der Waals surface area contributed by atoms with E-state index in [0.29, 0.717) is 43.1 Å². The van der Waals surface area contributed by atoms with Gasteiger partial charge < -0.3 is 14.3 Å². The molecular weight excluding hydrogens is 332 g/mol. The van der Waals surface area contributed by atoms with Crippen molar-refractivity contribution in [2.24, 2.45) is 11.8 Å². The maximum Gasteiger partial charge on any atom is 0.306 e. The Morgan fingerprint density at radius 2 is 1.73 bits per heavy atom. The molecule has 0 unspecified atom stereocenters. The number of aldehydes is 2. The summed E-state index contributed by atoms with van der Waals surface area (Å²) in [7, 11) is 1.27. The first kappa shape index (κ1) is 23.7. The van der Waals surface area contributed by atoms with Crippen molar-refractivity contribution >= 4 is 24.3 Å². The van der Waals surface area contributed by atoms with E-state index in [-0.39, 0.29) is 12.2 Å². The lowest BCUT2D eigenvalue weighted by molar-refractivity contribution is -0.141. The Hall–Kier alpha value is -2.30. The lowest BCUT2D eigenvalue weighted by Crippen LogP contribution is -2.25. The second-order valence-electron chi connectivity index (χ2n) is 6.60. The molecule has 5 nitrogen and oxygen atoms in total. The molecule has 144 valence electrons. The van der Waals surface area contributed by atoms with Gasteiger partial charge >= 0.3 is 5.97 Å². The minimum atomic E-state index is -0.677. The van der Waals surface area contributed by atoms with Gasteiger partial charge in [-0.05, 0) is 45.6 Å². The van der Waals surface area contributed by atoms with Crippen LogP contribution in [-0.2, 0) is 23.9 Å². The molecule has 0 N–H and O–H groups in total. The quantitative estimate of drug-likeness (QED) is 0.216. The third-order valence-corrected chi connectivity index (χ3v) is 4.14. The Morgan fingerprint density at radius 1 is 1.08 bits per heavy atom. The van der Waals surface area contributed by atoms with Gasteiger partial charge in [-0.3, -0.25) is 9.59 Å². The normalized spacial score (nSPS) is 13.3. The first-order valence-corrected chi connectivity index (χ1v) is 8.74. The molecule has 5 heteroatoms. The fourth-order valence-corrected chi connectivity index (χ4v) is 2.64. The zero-order chi connectivity index (χ0) is 20.1. The predicted octanol–water partition coefficient (Wildman–Crippen LogP) is 3.78. The molecule has 0 heterocycles. The Labute approximate surface area is 156 Å². The SMILES string of the molecule is C=C(CCCC(C)=O)[C@H](C=O)[C@H](CC(=O)OC)C(C=O)=CCC=C(C)C. The number of hydrogen-bond acceptors (Lipinski definition) is 5. The van der Waals surface area contributed by atoms with Crippen LogP contribution in [0.5, 0.6) is 0 Å². The zero-order valence-electron chi connectivity index (χ0n) is 16.2. The molecule has 0 aromatic heterocycles. The highest BCUT2D eigenvalue weighted by Crippen LogP contribution is 2.30. The molecule has 0 amide bonds. The van der Waals surface area contributed by atoms with E-state index in [1.165, 1.54) is 14.0 Å². The number of ether oxygens (including phenoxy) is 1. The van der Waals surface area contributed by atoms with Gasteiger partial charge in [0.25, 0.3) is 0 Å². The fourth-order valence-electron chi connectivity index (χ4n) is 2.64. The monoisotopic (exact) mass is 362 g/mol. The second-order valence-corrected chi connectivity index (χ2v) is 6.60. The zero-order valence-corrected chi connectivity index (χ0v) is 16.2. The van der Waals surface area contributed by atoms with E-state index in [1.807, 2.05) is 19.9 Å². The van der Waals surface area contributed by atoms with Gasteiger partial charge in [0.05, 0.1) is 13.5 Å². The summed E-state index contributed by atoms with van der Waals surface area (Å²) in [5.41, 5.74) is 2.11. The van der Waals surface area contributed by atoms with E-state index >= 15 is 0 Å². The van der Waals surface area contributed by atoms with Gasteiger partial charge in [-0.15, -0.1) is 0 Å². The number of ketones is 1. The summed E-state index contributed by atoms with van der Waals surface area (Å²) in [5, 5.41) is 0. The van der Waals surface area contributed by atoms with Crippen LogP contribution in [0.3, 0.4) is 0 Å². The number of Topliss-reactive ketones (excluding diaryl/α,β-unsaturated/α-hetero) is 1. The third kappa shape index (κ3) is 9.25. The van der Waals surface area contributed by atoms with Crippen LogP contribution in [0.4, 0.5) is 0 Å². The Morgan fingerprint density at radius 3 is 2.19 bits per heavy atom. The average molecular weight is 362 g/mol. The molecule has 0 fully saturated rings. The average Bonchev–Trinajstić information content (AvgIpc) is 2.57. The van der Waals surface area contributed by atoms with Crippen molar-refractivity contribution in [2.45, 2.75) is 52.9 Å². The van der Waals surface area contributed by atoms with Crippen LogP contribution in [0.25, 0.3) is 0 Å². The van der Waals surface area contributed by atoms with Crippen LogP contribution in [0.15, 0.2) is 35.5 Å². The fraction of sp³-hybridized carbons (Fsp3) is 0.524. The summed E-state index contributed by atoms with van der Waals surface area (Å²) in [6.07, 6.45) is 7.03. The summed E-state index contributed by atoms with van der Waals surface area (Å²) in [4.78, 5) is 46.2. The lowest BCUT2D eigenvalue weighted by Gasteiger charge is -2.24. The van der Waals surface area contributed by atoms with E-state index in [9.17, 15) is 19.2 Å². The van der Waals surface area contributed by atoms with E-state index in [2.05, 4.69) is 6.58 Å². The van der Waals surface area contributed by atoms with E-state index < -0.39 is 17.8 Å².